The zero-order valence-electron chi connectivity index (χ0n) is 14.8. The van der Waals surface area contributed by atoms with E-state index in [9.17, 15) is 4.79 Å². The lowest BCUT2D eigenvalue weighted by Crippen LogP contribution is -2.41. The molecule has 0 unspecified atom stereocenters. The molecule has 3 aromatic rings. The molecule has 0 radical (unpaired) electrons. The van der Waals surface area contributed by atoms with E-state index in [2.05, 4.69) is 32.8 Å². The van der Waals surface area contributed by atoms with Crippen LogP contribution in [-0.2, 0) is 0 Å². The summed E-state index contributed by atoms with van der Waals surface area (Å²) in [6.45, 7) is 10.2. The number of carbonyl (C=O) groups excluding carboxylic acids is 1. The monoisotopic (exact) mass is 341 g/mol. The van der Waals surface area contributed by atoms with Gasteiger partial charge in [-0.15, -0.1) is 11.3 Å². The fourth-order valence-electron chi connectivity index (χ4n) is 3.09. The van der Waals surface area contributed by atoms with Gasteiger partial charge in [-0.3, -0.25) is 4.79 Å². The van der Waals surface area contributed by atoms with Crippen molar-refractivity contribution in [3.63, 3.8) is 0 Å². The standard InChI is InChI=1S/C19H23N3OS/c1-12(2)21(13(3)4)18(23)17-11-16-14(5)20-22(19(16)24-17)15-9-7-6-8-10-15/h6-13H,1-5H3. The zero-order valence-corrected chi connectivity index (χ0v) is 15.6. The van der Waals surface area contributed by atoms with Gasteiger partial charge < -0.3 is 4.90 Å². The van der Waals surface area contributed by atoms with Crippen LogP contribution in [0.1, 0.15) is 43.1 Å². The summed E-state index contributed by atoms with van der Waals surface area (Å²) in [7, 11) is 0. The van der Waals surface area contributed by atoms with Crippen LogP contribution in [0.2, 0.25) is 0 Å². The number of amides is 1. The maximum atomic E-state index is 13.0. The summed E-state index contributed by atoms with van der Waals surface area (Å²) in [6.07, 6.45) is 0. The Balaban J connectivity index is 2.08. The summed E-state index contributed by atoms with van der Waals surface area (Å²) in [5.41, 5.74) is 1.96. The third kappa shape index (κ3) is 2.84. The Morgan fingerprint density at radius 2 is 1.75 bits per heavy atom. The number of thiophene rings is 1. The van der Waals surface area contributed by atoms with Crippen LogP contribution in [0.4, 0.5) is 0 Å². The number of nitrogens with zero attached hydrogens (tertiary/aromatic N) is 3. The summed E-state index contributed by atoms with van der Waals surface area (Å²) < 4.78 is 1.93. The summed E-state index contributed by atoms with van der Waals surface area (Å²) >= 11 is 1.52. The Hall–Kier alpha value is -2.14. The molecule has 4 nitrogen and oxygen atoms in total. The summed E-state index contributed by atoms with van der Waals surface area (Å²) in [5.74, 6) is 0.0974. The average Bonchev–Trinajstić information content (AvgIpc) is 3.08. The van der Waals surface area contributed by atoms with E-state index in [-0.39, 0.29) is 18.0 Å². The quantitative estimate of drug-likeness (QED) is 0.692. The number of carbonyl (C=O) groups is 1. The first kappa shape index (κ1) is 16.7. The smallest absolute Gasteiger partial charge is 0.264 e. The Morgan fingerprint density at radius 3 is 2.33 bits per heavy atom. The number of para-hydroxylation sites is 1. The van der Waals surface area contributed by atoms with Gasteiger partial charge in [0.15, 0.2) is 0 Å². The molecule has 0 N–H and O–H groups in total. The Morgan fingerprint density at radius 1 is 1.12 bits per heavy atom. The van der Waals surface area contributed by atoms with Crippen LogP contribution in [0, 0.1) is 6.92 Å². The molecule has 0 aliphatic rings. The molecule has 0 saturated heterocycles. The highest BCUT2D eigenvalue weighted by atomic mass is 32.1. The topological polar surface area (TPSA) is 38.1 Å². The third-order valence-corrected chi connectivity index (χ3v) is 5.20. The third-order valence-electron chi connectivity index (χ3n) is 4.10. The molecule has 0 aliphatic heterocycles. The van der Waals surface area contributed by atoms with Crippen LogP contribution in [0.5, 0.6) is 0 Å². The molecule has 5 heteroatoms. The van der Waals surface area contributed by atoms with E-state index in [0.717, 1.165) is 26.5 Å². The molecule has 3 rings (SSSR count). The second-order valence-corrected chi connectivity index (χ2v) is 7.59. The van der Waals surface area contributed by atoms with Gasteiger partial charge in [0, 0.05) is 17.5 Å². The van der Waals surface area contributed by atoms with Crippen molar-refractivity contribution < 1.29 is 4.79 Å². The van der Waals surface area contributed by atoms with Crippen LogP contribution in [0.25, 0.3) is 15.9 Å². The molecule has 0 spiro atoms. The van der Waals surface area contributed by atoms with E-state index < -0.39 is 0 Å². The first-order valence-corrected chi connectivity index (χ1v) is 9.09. The summed E-state index contributed by atoms with van der Waals surface area (Å²) in [6, 6.07) is 12.4. The SMILES string of the molecule is Cc1nn(-c2ccccc2)c2sc(C(=O)N(C(C)C)C(C)C)cc12. The largest absolute Gasteiger partial charge is 0.333 e. The number of rotatable bonds is 4. The number of benzene rings is 1. The van der Waals surface area contributed by atoms with Gasteiger partial charge in [0.05, 0.1) is 16.3 Å². The summed E-state index contributed by atoms with van der Waals surface area (Å²) in [5, 5.41) is 5.69. The minimum absolute atomic E-state index is 0.0974. The second kappa shape index (κ2) is 6.40. The molecule has 2 aromatic heterocycles. The maximum absolute atomic E-state index is 13.0. The van der Waals surface area contributed by atoms with Crippen molar-refractivity contribution >= 4 is 27.5 Å². The molecule has 1 aromatic carbocycles. The van der Waals surface area contributed by atoms with Gasteiger partial charge in [-0.1, -0.05) is 18.2 Å². The summed E-state index contributed by atoms with van der Waals surface area (Å²) in [4.78, 5) is 16.7. The van der Waals surface area contributed by atoms with Gasteiger partial charge in [0.25, 0.3) is 5.91 Å². The molecule has 0 fully saturated rings. The van der Waals surface area contributed by atoms with Gasteiger partial charge in [-0.05, 0) is 52.8 Å². The molecular weight excluding hydrogens is 318 g/mol. The first-order valence-electron chi connectivity index (χ1n) is 8.27. The van der Waals surface area contributed by atoms with Gasteiger partial charge >= 0.3 is 0 Å². The molecule has 0 saturated carbocycles. The lowest BCUT2D eigenvalue weighted by Gasteiger charge is -2.30. The van der Waals surface area contributed by atoms with Gasteiger partial charge in [0.1, 0.15) is 4.83 Å². The molecule has 0 aliphatic carbocycles. The van der Waals surface area contributed by atoms with Crippen molar-refractivity contribution in [1.82, 2.24) is 14.7 Å². The van der Waals surface area contributed by atoms with E-state index in [4.69, 9.17) is 0 Å². The van der Waals surface area contributed by atoms with E-state index in [1.54, 1.807) is 0 Å². The highest BCUT2D eigenvalue weighted by molar-refractivity contribution is 7.20. The molecule has 1 amide bonds. The van der Waals surface area contributed by atoms with Crippen molar-refractivity contribution in [1.29, 1.82) is 0 Å². The first-order chi connectivity index (χ1) is 11.4. The van der Waals surface area contributed by atoms with Crippen molar-refractivity contribution in [3.8, 4) is 5.69 Å². The molecule has 0 atom stereocenters. The maximum Gasteiger partial charge on any atom is 0.264 e. The number of hydrogen-bond donors (Lipinski definition) is 0. The molecule has 126 valence electrons. The highest BCUT2D eigenvalue weighted by Crippen LogP contribution is 2.31. The normalized spacial score (nSPS) is 11.6. The Kier molecular flexibility index (Phi) is 4.45. The number of aryl methyl sites for hydroxylation is 1. The number of hydrogen-bond acceptors (Lipinski definition) is 3. The lowest BCUT2D eigenvalue weighted by molar-refractivity contribution is 0.0649. The van der Waals surface area contributed by atoms with Crippen molar-refractivity contribution in [2.24, 2.45) is 0 Å². The number of fused-ring (bicyclic) bond motifs is 1. The van der Waals surface area contributed by atoms with Crippen LogP contribution >= 0.6 is 11.3 Å². The highest BCUT2D eigenvalue weighted by Gasteiger charge is 2.25. The van der Waals surface area contributed by atoms with Crippen LogP contribution in [0.15, 0.2) is 36.4 Å². The Bertz CT molecular complexity index is 854. The van der Waals surface area contributed by atoms with Crippen LogP contribution in [0.3, 0.4) is 0 Å². The van der Waals surface area contributed by atoms with Gasteiger partial charge in [-0.2, -0.15) is 5.10 Å². The van der Waals surface area contributed by atoms with Crippen LogP contribution in [-0.4, -0.2) is 32.7 Å². The fraction of sp³-hybridized carbons (Fsp3) is 0.368. The second-order valence-electron chi connectivity index (χ2n) is 6.56. The number of aromatic nitrogens is 2. The molecule has 2 heterocycles. The van der Waals surface area contributed by atoms with Crippen LogP contribution < -0.4 is 0 Å². The Labute approximate surface area is 146 Å². The van der Waals surface area contributed by atoms with Crippen molar-refractivity contribution in [3.05, 3.63) is 47.0 Å². The fourth-order valence-corrected chi connectivity index (χ4v) is 4.22. The average molecular weight is 341 g/mol. The van der Waals surface area contributed by atoms with Gasteiger partial charge in [0.2, 0.25) is 0 Å². The van der Waals surface area contributed by atoms with E-state index >= 15 is 0 Å². The van der Waals surface area contributed by atoms with Crippen molar-refractivity contribution in [2.45, 2.75) is 46.7 Å². The van der Waals surface area contributed by atoms with E-state index in [0.29, 0.717) is 0 Å². The molecule has 0 bridgehead atoms. The van der Waals surface area contributed by atoms with E-state index in [1.807, 2.05) is 52.9 Å². The predicted molar refractivity (Wildman–Crippen MR) is 100 cm³/mol. The van der Waals surface area contributed by atoms with Crippen molar-refractivity contribution in [2.75, 3.05) is 0 Å². The lowest BCUT2D eigenvalue weighted by atomic mass is 10.2. The van der Waals surface area contributed by atoms with Gasteiger partial charge in [-0.25, -0.2) is 4.68 Å². The minimum atomic E-state index is 0.0974. The zero-order chi connectivity index (χ0) is 17.4. The predicted octanol–water partition coefficient (Wildman–Crippen LogP) is 4.65. The molecule has 24 heavy (non-hydrogen) atoms. The molecular formula is C19H23N3OS. The van der Waals surface area contributed by atoms with E-state index in [1.165, 1.54) is 11.3 Å². The minimum Gasteiger partial charge on any atom is -0.333 e.